The molecular formula is C55H95N5O24. The van der Waals surface area contributed by atoms with Crippen molar-refractivity contribution in [2.45, 2.75) is 191 Å². The first-order valence-corrected chi connectivity index (χ1v) is 29.2. The molecule has 0 aromatic rings. The van der Waals surface area contributed by atoms with Crippen LogP contribution in [0.4, 0.5) is 0 Å². The predicted molar refractivity (Wildman–Crippen MR) is 293 cm³/mol. The van der Waals surface area contributed by atoms with Crippen molar-refractivity contribution in [2.75, 3.05) is 92.6 Å². The van der Waals surface area contributed by atoms with Crippen LogP contribution in [-0.4, -0.2) is 270 Å². The average Bonchev–Trinajstić information content (AvgIpc) is 3.36. The van der Waals surface area contributed by atoms with Gasteiger partial charge in [-0.2, -0.15) is 0 Å². The molecule has 7 unspecified atom stereocenters. The Labute approximate surface area is 490 Å². The molecule has 3 aliphatic rings. The maximum Gasteiger partial charge on any atom is 0.239 e. The fourth-order valence-corrected chi connectivity index (χ4v) is 9.57. The Kier molecular flexibility index (Phi) is 35.6. The number of rotatable bonds is 43. The van der Waals surface area contributed by atoms with E-state index < -0.39 is 172 Å². The van der Waals surface area contributed by atoms with Gasteiger partial charge in [0.1, 0.15) is 59.8 Å². The summed E-state index contributed by atoms with van der Waals surface area (Å²) in [5, 5.41) is 100. The molecule has 3 heterocycles. The average molecular weight is 1210 g/mol. The molecule has 0 radical (unpaired) electrons. The Hall–Kier alpha value is -4.12. The van der Waals surface area contributed by atoms with Gasteiger partial charge in [0.2, 0.25) is 23.6 Å². The summed E-state index contributed by atoms with van der Waals surface area (Å²) < 4.78 is 38.7. The molecule has 0 aromatic carbocycles. The van der Waals surface area contributed by atoms with E-state index in [1.807, 2.05) is 0 Å². The minimum absolute atomic E-state index is 0.0109. The Morgan fingerprint density at radius 1 is 0.440 bits per heavy atom. The standard InChI is InChI=1S/C55H95N5O24/c1-32-46(71)49(74)40(29-61)82-53(32)79-23-7-19-56-43(68)17-14-37(66)27-60(28-38(67)15-18-44(69)57-20-8-24-80-54-33(2)47(72)50(75)41(30-62)83-54)39(16-13-36(65)11-5-10-35(64)12-6-22-78-4)52(77)59-26-45(70)58-21-9-25-81-55-34(3)48(73)51(76)42(31-63)84-55/h32-34,39-42,46-51,53-55,61-63,71-76H,5-31H2,1-4H3,(H,56,68)(H,57,69)(H,58,70)(H,59,77)/t32?,33?,34?,39?,40?,41?,42?,46-,47-,48-,49+,50+,51+,53-,54-,55-/m1/s1. The van der Waals surface area contributed by atoms with Gasteiger partial charge in [-0.15, -0.1) is 0 Å². The van der Waals surface area contributed by atoms with Crippen LogP contribution in [0.15, 0.2) is 0 Å². The summed E-state index contributed by atoms with van der Waals surface area (Å²) in [7, 11) is 1.52. The van der Waals surface area contributed by atoms with E-state index in [1.165, 1.54) is 12.0 Å². The van der Waals surface area contributed by atoms with E-state index >= 15 is 0 Å². The summed E-state index contributed by atoms with van der Waals surface area (Å²) in [4.78, 5) is 107. The largest absolute Gasteiger partial charge is 0.394 e. The number of nitrogens with zero attached hydrogens (tertiary/aromatic N) is 1. The molecule has 0 bridgehead atoms. The van der Waals surface area contributed by atoms with Gasteiger partial charge < -0.3 is 100 Å². The van der Waals surface area contributed by atoms with Gasteiger partial charge in [-0.3, -0.25) is 43.3 Å². The van der Waals surface area contributed by atoms with Crippen LogP contribution in [-0.2, 0) is 71.5 Å². The van der Waals surface area contributed by atoms with Gasteiger partial charge in [-0.25, -0.2) is 0 Å². The molecule has 0 aliphatic carbocycles. The van der Waals surface area contributed by atoms with Gasteiger partial charge in [0.25, 0.3) is 0 Å². The molecule has 29 nitrogen and oxygen atoms in total. The molecule has 0 saturated carbocycles. The van der Waals surface area contributed by atoms with Crippen molar-refractivity contribution in [3.63, 3.8) is 0 Å². The highest BCUT2D eigenvalue weighted by atomic mass is 16.7. The summed E-state index contributed by atoms with van der Waals surface area (Å²) in [5.74, 6) is -5.90. The summed E-state index contributed by atoms with van der Waals surface area (Å²) in [5.41, 5.74) is 0. The number of ether oxygens (including phenoxy) is 7. The topological polar surface area (TPSA) is 435 Å². The van der Waals surface area contributed by atoms with Crippen LogP contribution >= 0.6 is 0 Å². The second-order valence-corrected chi connectivity index (χ2v) is 21.7. The maximum absolute atomic E-state index is 14.2. The van der Waals surface area contributed by atoms with Crippen LogP contribution in [0.3, 0.4) is 0 Å². The quantitative estimate of drug-likeness (QED) is 0.0257. The third-order valence-electron chi connectivity index (χ3n) is 14.9. The van der Waals surface area contributed by atoms with Crippen LogP contribution in [0.5, 0.6) is 0 Å². The number of amides is 4. The number of ketones is 4. The number of carbonyl (C=O) groups is 8. The van der Waals surface area contributed by atoms with E-state index in [2.05, 4.69) is 21.3 Å². The molecule has 16 atom stereocenters. The molecule has 0 spiro atoms. The van der Waals surface area contributed by atoms with Crippen LogP contribution < -0.4 is 21.3 Å². The molecule has 4 amide bonds. The predicted octanol–water partition coefficient (Wildman–Crippen LogP) is -4.22. The van der Waals surface area contributed by atoms with Crippen LogP contribution in [0.1, 0.15) is 111 Å². The van der Waals surface area contributed by atoms with Gasteiger partial charge >= 0.3 is 0 Å². The summed E-state index contributed by atoms with van der Waals surface area (Å²) in [6, 6.07) is -1.38. The highest BCUT2D eigenvalue weighted by Crippen LogP contribution is 2.29. The Morgan fingerprint density at radius 3 is 1.19 bits per heavy atom. The lowest BCUT2D eigenvalue weighted by molar-refractivity contribution is -0.282. The van der Waals surface area contributed by atoms with E-state index in [4.69, 9.17) is 33.2 Å². The van der Waals surface area contributed by atoms with Gasteiger partial charge in [-0.1, -0.05) is 20.8 Å². The molecule has 3 saturated heterocycles. The Balaban J connectivity index is 1.67. The van der Waals surface area contributed by atoms with Crippen molar-refractivity contribution in [2.24, 2.45) is 17.8 Å². The molecule has 3 rings (SSSR count). The smallest absolute Gasteiger partial charge is 0.239 e. The number of Topliss-reactive ketones (excluding diaryl/α,β-unsaturated/α-hetero) is 4. The number of methoxy groups -OCH3 is 1. The number of nitrogens with one attached hydrogen (secondary N) is 4. The third-order valence-corrected chi connectivity index (χ3v) is 14.9. The number of carbonyl (C=O) groups excluding carboxylic acids is 8. The lowest BCUT2D eigenvalue weighted by Crippen LogP contribution is -2.55. The van der Waals surface area contributed by atoms with E-state index in [0.717, 1.165) is 0 Å². The Bertz CT molecular complexity index is 1930. The Morgan fingerprint density at radius 2 is 0.810 bits per heavy atom. The zero-order valence-corrected chi connectivity index (χ0v) is 48.9. The van der Waals surface area contributed by atoms with Crippen molar-refractivity contribution in [3.8, 4) is 0 Å². The van der Waals surface area contributed by atoms with Crippen molar-refractivity contribution in [1.82, 2.24) is 26.2 Å². The molecule has 484 valence electrons. The second kappa shape index (κ2) is 40.4. The van der Waals surface area contributed by atoms with Crippen LogP contribution in [0.25, 0.3) is 0 Å². The van der Waals surface area contributed by atoms with E-state index in [-0.39, 0.29) is 134 Å². The minimum Gasteiger partial charge on any atom is -0.394 e. The highest BCUT2D eigenvalue weighted by Gasteiger charge is 2.45. The van der Waals surface area contributed by atoms with Crippen molar-refractivity contribution >= 4 is 46.8 Å². The maximum atomic E-state index is 14.2. The zero-order valence-electron chi connectivity index (χ0n) is 48.9. The fraction of sp³-hybridized carbons (Fsp3) is 0.855. The monoisotopic (exact) mass is 1210 g/mol. The van der Waals surface area contributed by atoms with Gasteiger partial charge in [-0.05, 0) is 38.5 Å². The molecule has 3 aliphatic heterocycles. The molecule has 0 aromatic heterocycles. The lowest BCUT2D eigenvalue weighted by atomic mass is 9.92. The van der Waals surface area contributed by atoms with E-state index in [1.54, 1.807) is 20.8 Å². The van der Waals surface area contributed by atoms with Gasteiger partial charge in [0, 0.05) is 102 Å². The first-order chi connectivity index (χ1) is 40.1. The molecule has 13 N–H and O–H groups in total. The van der Waals surface area contributed by atoms with Crippen molar-refractivity contribution < 1.29 is 117 Å². The number of aliphatic hydroxyl groups is 9. The summed E-state index contributed by atoms with van der Waals surface area (Å²) in [6.45, 7) is 2.31. The summed E-state index contributed by atoms with van der Waals surface area (Å²) in [6.07, 6.45) is -13.3. The van der Waals surface area contributed by atoms with Crippen molar-refractivity contribution in [1.29, 1.82) is 0 Å². The molecule has 3 fully saturated rings. The first-order valence-electron chi connectivity index (χ1n) is 29.2. The number of hydrogen-bond acceptors (Lipinski definition) is 25. The van der Waals surface area contributed by atoms with Gasteiger partial charge in [0.15, 0.2) is 18.9 Å². The van der Waals surface area contributed by atoms with Gasteiger partial charge in [0.05, 0.1) is 83.6 Å². The highest BCUT2D eigenvalue weighted by molar-refractivity contribution is 5.92. The first kappa shape index (κ1) is 74.1. The minimum atomic E-state index is -1.38. The SMILES string of the molecule is COCCCC(=O)CCCC(=O)CCC(C(=O)NCC(=O)NCCCO[C@@H]1OC(CO)[C@H](O)[C@H](O)C1C)N(CC(=O)CCC(=O)NCCCO[C@@H]1OC(CO)[C@H](O)[C@H](O)C1C)CC(=O)CCC(=O)NCCCO[C@@H]1OC(CO)[C@H](O)[C@H](O)C1C. The van der Waals surface area contributed by atoms with Crippen LogP contribution in [0.2, 0.25) is 0 Å². The summed E-state index contributed by atoms with van der Waals surface area (Å²) >= 11 is 0. The lowest BCUT2D eigenvalue weighted by Gasteiger charge is -2.40. The normalized spacial score (nSPS) is 28.3. The van der Waals surface area contributed by atoms with E-state index in [9.17, 15) is 84.3 Å². The molecular weight excluding hydrogens is 1110 g/mol. The molecule has 29 heteroatoms. The van der Waals surface area contributed by atoms with Crippen molar-refractivity contribution in [3.05, 3.63) is 0 Å². The third kappa shape index (κ3) is 26.1. The molecule has 84 heavy (non-hydrogen) atoms. The number of aliphatic hydroxyl groups excluding tert-OH is 9. The zero-order chi connectivity index (χ0) is 62.3. The second-order valence-electron chi connectivity index (χ2n) is 21.7. The van der Waals surface area contributed by atoms with E-state index in [0.29, 0.717) is 13.0 Å². The van der Waals surface area contributed by atoms with Crippen LogP contribution in [0, 0.1) is 17.8 Å². The fourth-order valence-electron chi connectivity index (χ4n) is 9.57. The number of hydrogen-bond donors (Lipinski definition) is 13.